The Morgan fingerprint density at radius 1 is 1.32 bits per heavy atom. The number of hydrogen-bond donors (Lipinski definition) is 1. The van der Waals surface area contributed by atoms with Gasteiger partial charge in [-0.3, -0.25) is 4.98 Å². The molecule has 2 N–H and O–H groups in total. The highest BCUT2D eigenvalue weighted by Gasteiger charge is 2.09. The summed E-state index contributed by atoms with van der Waals surface area (Å²) in [7, 11) is 3.70. The van der Waals surface area contributed by atoms with Crippen LogP contribution >= 0.6 is 0 Å². The number of benzene rings is 1. The number of methoxy groups -OCH3 is 1. The van der Waals surface area contributed by atoms with Crippen molar-refractivity contribution in [1.29, 1.82) is 0 Å². The van der Waals surface area contributed by atoms with Crippen LogP contribution in [0.15, 0.2) is 36.7 Å². The van der Waals surface area contributed by atoms with Gasteiger partial charge in [0, 0.05) is 25.4 Å². The third-order valence-corrected chi connectivity index (χ3v) is 3.08. The van der Waals surface area contributed by atoms with E-state index in [-0.39, 0.29) is 0 Å². The highest BCUT2D eigenvalue weighted by molar-refractivity contribution is 5.65. The Morgan fingerprint density at radius 3 is 2.79 bits per heavy atom. The fourth-order valence-electron chi connectivity index (χ4n) is 2.12. The predicted molar refractivity (Wildman–Crippen MR) is 78.5 cm³/mol. The number of pyridine rings is 1. The summed E-state index contributed by atoms with van der Waals surface area (Å²) in [6.07, 6.45) is 3.41. The third kappa shape index (κ3) is 2.96. The molecule has 2 rings (SSSR count). The van der Waals surface area contributed by atoms with Gasteiger partial charge >= 0.3 is 0 Å². The minimum absolute atomic E-state index is 0.677. The molecule has 0 unspecified atom stereocenters. The Morgan fingerprint density at radius 2 is 2.11 bits per heavy atom. The van der Waals surface area contributed by atoms with Crippen LogP contribution in [0, 0.1) is 6.92 Å². The molecule has 19 heavy (non-hydrogen) atoms. The number of rotatable bonds is 4. The van der Waals surface area contributed by atoms with Gasteiger partial charge in [-0.25, -0.2) is 0 Å². The van der Waals surface area contributed by atoms with E-state index >= 15 is 0 Å². The maximum Gasteiger partial charge on any atom is 0.123 e. The Kier molecular flexibility index (Phi) is 3.90. The molecule has 4 heteroatoms. The minimum Gasteiger partial charge on any atom is -0.496 e. The van der Waals surface area contributed by atoms with Crippen molar-refractivity contribution < 1.29 is 4.74 Å². The molecule has 1 aromatic heterocycles. The van der Waals surface area contributed by atoms with E-state index in [4.69, 9.17) is 10.5 Å². The van der Waals surface area contributed by atoms with Gasteiger partial charge in [-0.1, -0.05) is 17.7 Å². The SMILES string of the molecule is COc1ccc(C)cc1CN(C)c1ccncc1N. The van der Waals surface area contributed by atoms with Gasteiger partial charge in [-0.15, -0.1) is 0 Å². The van der Waals surface area contributed by atoms with Gasteiger partial charge in [0.25, 0.3) is 0 Å². The first-order valence-electron chi connectivity index (χ1n) is 6.16. The topological polar surface area (TPSA) is 51.4 Å². The lowest BCUT2D eigenvalue weighted by Crippen LogP contribution is -2.18. The van der Waals surface area contributed by atoms with E-state index in [0.29, 0.717) is 5.69 Å². The summed E-state index contributed by atoms with van der Waals surface area (Å²) >= 11 is 0. The van der Waals surface area contributed by atoms with E-state index in [2.05, 4.69) is 22.9 Å². The smallest absolute Gasteiger partial charge is 0.123 e. The van der Waals surface area contributed by atoms with Gasteiger partial charge in [0.2, 0.25) is 0 Å². The molecule has 0 saturated carbocycles. The zero-order valence-corrected chi connectivity index (χ0v) is 11.6. The molecule has 0 radical (unpaired) electrons. The fraction of sp³-hybridized carbons (Fsp3) is 0.267. The van der Waals surface area contributed by atoms with Crippen molar-refractivity contribution in [3.05, 3.63) is 47.8 Å². The van der Waals surface area contributed by atoms with Crippen LogP contribution in [0.5, 0.6) is 5.75 Å². The normalized spacial score (nSPS) is 10.3. The molecule has 0 spiro atoms. The van der Waals surface area contributed by atoms with Gasteiger partial charge < -0.3 is 15.4 Å². The van der Waals surface area contributed by atoms with Crippen molar-refractivity contribution >= 4 is 11.4 Å². The first kappa shape index (κ1) is 13.2. The second-order valence-electron chi connectivity index (χ2n) is 4.61. The lowest BCUT2D eigenvalue weighted by molar-refractivity contribution is 0.409. The number of hydrogen-bond acceptors (Lipinski definition) is 4. The van der Waals surface area contributed by atoms with Gasteiger partial charge in [0.1, 0.15) is 5.75 Å². The number of nitrogen functional groups attached to an aromatic ring is 1. The third-order valence-electron chi connectivity index (χ3n) is 3.08. The molecule has 0 aliphatic carbocycles. The Hall–Kier alpha value is -2.23. The van der Waals surface area contributed by atoms with Crippen LogP contribution in [-0.4, -0.2) is 19.1 Å². The molecular weight excluding hydrogens is 238 g/mol. The molecule has 0 bridgehead atoms. The Labute approximate surface area is 113 Å². The molecule has 0 aliphatic heterocycles. The van der Waals surface area contributed by atoms with E-state index in [1.54, 1.807) is 19.5 Å². The molecule has 1 heterocycles. The van der Waals surface area contributed by atoms with Crippen LogP contribution in [0.2, 0.25) is 0 Å². The largest absolute Gasteiger partial charge is 0.496 e. The first-order valence-corrected chi connectivity index (χ1v) is 6.16. The maximum absolute atomic E-state index is 5.94. The van der Waals surface area contributed by atoms with Gasteiger partial charge in [0.05, 0.1) is 24.7 Å². The van der Waals surface area contributed by atoms with Crippen LogP contribution in [0.1, 0.15) is 11.1 Å². The summed E-state index contributed by atoms with van der Waals surface area (Å²) < 4.78 is 5.40. The van der Waals surface area contributed by atoms with Crippen molar-refractivity contribution in [2.24, 2.45) is 0 Å². The average Bonchev–Trinajstić information content (AvgIpc) is 2.39. The summed E-state index contributed by atoms with van der Waals surface area (Å²) in [6.45, 7) is 2.81. The molecule has 0 saturated heterocycles. The standard InChI is InChI=1S/C15H19N3O/c1-11-4-5-15(19-3)12(8-11)10-18(2)14-6-7-17-9-13(14)16/h4-9H,10,16H2,1-3H3. The monoisotopic (exact) mass is 257 g/mol. The van der Waals surface area contributed by atoms with E-state index in [1.807, 2.05) is 25.2 Å². The Bertz CT molecular complexity index is 569. The number of nitrogens with two attached hydrogens (primary N) is 1. The molecule has 0 fully saturated rings. The summed E-state index contributed by atoms with van der Waals surface area (Å²) in [5.41, 5.74) is 9.94. The number of nitrogens with zero attached hydrogens (tertiary/aromatic N) is 2. The first-order chi connectivity index (χ1) is 9.11. The summed E-state index contributed by atoms with van der Waals surface area (Å²) in [4.78, 5) is 6.10. The zero-order chi connectivity index (χ0) is 13.8. The van der Waals surface area contributed by atoms with Gasteiger partial charge in [-0.2, -0.15) is 0 Å². The average molecular weight is 257 g/mol. The lowest BCUT2D eigenvalue weighted by atomic mass is 10.1. The highest BCUT2D eigenvalue weighted by Crippen LogP contribution is 2.26. The molecule has 0 atom stereocenters. The van der Waals surface area contributed by atoms with E-state index in [9.17, 15) is 0 Å². The number of aryl methyl sites for hydroxylation is 1. The van der Waals surface area contributed by atoms with E-state index < -0.39 is 0 Å². The Balaban J connectivity index is 2.26. The van der Waals surface area contributed by atoms with Crippen LogP contribution in [0.4, 0.5) is 11.4 Å². The molecule has 4 nitrogen and oxygen atoms in total. The fourth-order valence-corrected chi connectivity index (χ4v) is 2.12. The molecule has 0 amide bonds. The number of anilines is 2. The quantitative estimate of drug-likeness (QED) is 0.914. The van der Waals surface area contributed by atoms with Crippen molar-refractivity contribution in [2.45, 2.75) is 13.5 Å². The van der Waals surface area contributed by atoms with Gasteiger partial charge in [-0.05, 0) is 19.1 Å². The second kappa shape index (κ2) is 5.61. The number of ether oxygens (including phenoxy) is 1. The predicted octanol–water partition coefficient (Wildman–Crippen LogP) is 2.62. The molecule has 100 valence electrons. The lowest BCUT2D eigenvalue weighted by Gasteiger charge is -2.22. The summed E-state index contributed by atoms with van der Waals surface area (Å²) in [6, 6.07) is 8.09. The maximum atomic E-state index is 5.94. The van der Waals surface area contributed by atoms with Crippen LogP contribution in [0.3, 0.4) is 0 Å². The zero-order valence-electron chi connectivity index (χ0n) is 11.6. The summed E-state index contributed by atoms with van der Waals surface area (Å²) in [5.74, 6) is 0.894. The van der Waals surface area contributed by atoms with Gasteiger partial charge in [0.15, 0.2) is 0 Å². The van der Waals surface area contributed by atoms with Crippen LogP contribution < -0.4 is 15.4 Å². The van der Waals surface area contributed by atoms with E-state index in [0.717, 1.165) is 23.5 Å². The highest BCUT2D eigenvalue weighted by atomic mass is 16.5. The second-order valence-corrected chi connectivity index (χ2v) is 4.61. The molecular formula is C15H19N3O. The molecule has 1 aromatic carbocycles. The van der Waals surface area contributed by atoms with Crippen molar-refractivity contribution in [3.63, 3.8) is 0 Å². The van der Waals surface area contributed by atoms with E-state index in [1.165, 1.54) is 5.56 Å². The summed E-state index contributed by atoms with van der Waals surface area (Å²) in [5, 5.41) is 0. The van der Waals surface area contributed by atoms with Crippen LogP contribution in [0.25, 0.3) is 0 Å². The number of aromatic nitrogens is 1. The van der Waals surface area contributed by atoms with Crippen molar-refractivity contribution in [1.82, 2.24) is 4.98 Å². The van der Waals surface area contributed by atoms with Crippen LogP contribution in [-0.2, 0) is 6.54 Å². The van der Waals surface area contributed by atoms with Crippen molar-refractivity contribution in [2.75, 3.05) is 24.8 Å². The molecule has 0 aliphatic rings. The minimum atomic E-state index is 0.677. The molecule has 2 aromatic rings. The van der Waals surface area contributed by atoms with Crippen molar-refractivity contribution in [3.8, 4) is 5.75 Å².